The molecule has 0 aromatic rings. The molecule has 18 heavy (non-hydrogen) atoms. The highest BCUT2D eigenvalue weighted by atomic mass is 16.5. The van der Waals surface area contributed by atoms with Crippen molar-refractivity contribution in [1.82, 2.24) is 5.32 Å². The van der Waals surface area contributed by atoms with Crippen molar-refractivity contribution in [2.75, 3.05) is 6.61 Å². The molecular weight excluding hydrogens is 222 g/mol. The van der Waals surface area contributed by atoms with E-state index < -0.39 is 0 Å². The van der Waals surface area contributed by atoms with Gasteiger partial charge < -0.3 is 10.1 Å². The van der Waals surface area contributed by atoms with Crippen LogP contribution in [0.2, 0.25) is 0 Å². The van der Waals surface area contributed by atoms with Crippen LogP contribution in [0.5, 0.6) is 0 Å². The molecule has 1 saturated heterocycles. The van der Waals surface area contributed by atoms with E-state index in [0.717, 1.165) is 24.1 Å². The van der Waals surface area contributed by atoms with Crippen LogP contribution in [0, 0.1) is 5.41 Å². The maximum Gasteiger partial charge on any atom is 0.0561 e. The van der Waals surface area contributed by atoms with E-state index in [0.29, 0.717) is 6.10 Å². The Kier molecular flexibility index (Phi) is 3.95. The van der Waals surface area contributed by atoms with Gasteiger partial charge in [-0.25, -0.2) is 0 Å². The minimum atomic E-state index is 0.459. The molecule has 2 atom stereocenters. The Hall–Kier alpha value is -0.0800. The lowest BCUT2D eigenvalue weighted by atomic mass is 9.71. The summed E-state index contributed by atoms with van der Waals surface area (Å²) in [5.41, 5.74) is 0.779. The van der Waals surface area contributed by atoms with Crippen molar-refractivity contribution in [3.05, 3.63) is 0 Å². The van der Waals surface area contributed by atoms with E-state index in [2.05, 4.69) is 12.2 Å². The van der Waals surface area contributed by atoms with Crippen LogP contribution in [0.4, 0.5) is 0 Å². The van der Waals surface area contributed by atoms with Crippen molar-refractivity contribution in [2.45, 2.75) is 89.3 Å². The molecule has 3 rings (SSSR count). The largest absolute Gasteiger partial charge is 0.378 e. The van der Waals surface area contributed by atoms with E-state index in [4.69, 9.17) is 4.74 Å². The zero-order valence-corrected chi connectivity index (χ0v) is 11.9. The highest BCUT2D eigenvalue weighted by Gasteiger charge is 2.37. The summed E-state index contributed by atoms with van der Waals surface area (Å²) in [6.07, 6.45) is 14.7. The fourth-order valence-corrected chi connectivity index (χ4v) is 4.50. The van der Waals surface area contributed by atoms with E-state index in [-0.39, 0.29) is 0 Å². The standard InChI is InChI=1S/C16H29NO/c1-13-12-15(6-11-18-13)17-14-4-9-16(10-5-14)7-2-3-8-16/h13-15,17H,2-12H2,1H3. The summed E-state index contributed by atoms with van der Waals surface area (Å²) in [5, 5.41) is 3.91. The van der Waals surface area contributed by atoms with Gasteiger partial charge in [-0.05, 0) is 63.7 Å². The Bertz CT molecular complexity index is 262. The lowest BCUT2D eigenvalue weighted by Gasteiger charge is -2.40. The first-order valence-electron chi connectivity index (χ1n) is 8.13. The van der Waals surface area contributed by atoms with E-state index in [9.17, 15) is 0 Å². The molecule has 0 aromatic carbocycles. The van der Waals surface area contributed by atoms with Crippen molar-refractivity contribution in [1.29, 1.82) is 0 Å². The lowest BCUT2D eigenvalue weighted by molar-refractivity contribution is 0.00883. The van der Waals surface area contributed by atoms with Crippen molar-refractivity contribution >= 4 is 0 Å². The first-order valence-corrected chi connectivity index (χ1v) is 8.13. The van der Waals surface area contributed by atoms with Crippen LogP contribution in [-0.4, -0.2) is 24.8 Å². The summed E-state index contributed by atoms with van der Waals surface area (Å²) < 4.78 is 5.63. The second kappa shape index (κ2) is 5.50. The smallest absolute Gasteiger partial charge is 0.0561 e. The summed E-state index contributed by atoms with van der Waals surface area (Å²) in [6.45, 7) is 3.16. The molecule has 2 heteroatoms. The van der Waals surface area contributed by atoms with E-state index in [1.54, 1.807) is 0 Å². The topological polar surface area (TPSA) is 21.3 Å². The highest BCUT2D eigenvalue weighted by molar-refractivity contribution is 4.92. The molecule has 2 aliphatic carbocycles. The molecule has 2 unspecified atom stereocenters. The Morgan fingerprint density at radius 2 is 1.67 bits per heavy atom. The van der Waals surface area contributed by atoms with Crippen molar-refractivity contribution in [3.8, 4) is 0 Å². The molecule has 0 aromatic heterocycles. The first kappa shape index (κ1) is 12.9. The minimum Gasteiger partial charge on any atom is -0.378 e. The zero-order chi connectivity index (χ0) is 12.4. The predicted octanol–water partition coefficient (Wildman–Crippen LogP) is 3.65. The second-order valence-electron chi connectivity index (χ2n) is 7.05. The van der Waals surface area contributed by atoms with Crippen LogP contribution in [0.1, 0.15) is 71.1 Å². The number of nitrogens with one attached hydrogen (secondary N) is 1. The summed E-state index contributed by atoms with van der Waals surface area (Å²) in [5.74, 6) is 0. The van der Waals surface area contributed by atoms with Gasteiger partial charge in [0.1, 0.15) is 0 Å². The normalized spacial score (nSPS) is 37.2. The maximum absolute atomic E-state index is 5.63. The Morgan fingerprint density at radius 1 is 0.944 bits per heavy atom. The summed E-state index contributed by atoms with van der Waals surface area (Å²) >= 11 is 0. The van der Waals surface area contributed by atoms with Crippen molar-refractivity contribution < 1.29 is 4.74 Å². The number of rotatable bonds is 2. The van der Waals surface area contributed by atoms with Gasteiger partial charge in [0.15, 0.2) is 0 Å². The molecular formula is C16H29NO. The zero-order valence-electron chi connectivity index (χ0n) is 11.9. The summed E-state index contributed by atoms with van der Waals surface area (Å²) in [7, 11) is 0. The van der Waals surface area contributed by atoms with Crippen molar-refractivity contribution in [3.63, 3.8) is 0 Å². The van der Waals surface area contributed by atoms with Crippen LogP contribution in [0.25, 0.3) is 0 Å². The van der Waals surface area contributed by atoms with Gasteiger partial charge in [-0.2, -0.15) is 0 Å². The molecule has 3 aliphatic rings. The Morgan fingerprint density at radius 3 is 2.33 bits per heavy atom. The van der Waals surface area contributed by atoms with Gasteiger partial charge in [0.05, 0.1) is 6.10 Å². The van der Waals surface area contributed by atoms with Crippen LogP contribution in [0.15, 0.2) is 0 Å². The molecule has 3 fully saturated rings. The molecule has 0 amide bonds. The van der Waals surface area contributed by atoms with Gasteiger partial charge in [0.2, 0.25) is 0 Å². The molecule has 1 spiro atoms. The van der Waals surface area contributed by atoms with Gasteiger partial charge in [0.25, 0.3) is 0 Å². The highest BCUT2D eigenvalue weighted by Crippen LogP contribution is 2.48. The molecule has 2 saturated carbocycles. The molecule has 0 radical (unpaired) electrons. The summed E-state index contributed by atoms with van der Waals surface area (Å²) in [6, 6.07) is 1.52. The fraction of sp³-hybridized carbons (Fsp3) is 1.00. The van der Waals surface area contributed by atoms with Gasteiger partial charge in [-0.15, -0.1) is 0 Å². The van der Waals surface area contributed by atoms with Crippen LogP contribution >= 0.6 is 0 Å². The summed E-state index contributed by atoms with van der Waals surface area (Å²) in [4.78, 5) is 0. The third-order valence-electron chi connectivity index (χ3n) is 5.67. The fourth-order valence-electron chi connectivity index (χ4n) is 4.50. The molecule has 104 valence electrons. The molecule has 2 nitrogen and oxygen atoms in total. The molecule has 1 heterocycles. The third kappa shape index (κ3) is 2.91. The minimum absolute atomic E-state index is 0.459. The average Bonchev–Trinajstić information content (AvgIpc) is 2.81. The monoisotopic (exact) mass is 251 g/mol. The predicted molar refractivity (Wildman–Crippen MR) is 74.7 cm³/mol. The molecule has 1 aliphatic heterocycles. The van der Waals surface area contributed by atoms with Crippen LogP contribution in [0.3, 0.4) is 0 Å². The number of ether oxygens (including phenoxy) is 1. The maximum atomic E-state index is 5.63. The van der Waals surface area contributed by atoms with Gasteiger partial charge >= 0.3 is 0 Å². The van der Waals surface area contributed by atoms with Gasteiger partial charge in [-0.3, -0.25) is 0 Å². The Labute approximate surface area is 112 Å². The second-order valence-corrected chi connectivity index (χ2v) is 7.05. The number of hydrogen-bond donors (Lipinski definition) is 1. The number of hydrogen-bond acceptors (Lipinski definition) is 2. The van der Waals surface area contributed by atoms with Crippen molar-refractivity contribution in [2.24, 2.45) is 5.41 Å². The van der Waals surface area contributed by atoms with Gasteiger partial charge in [0, 0.05) is 18.7 Å². The average molecular weight is 251 g/mol. The van der Waals surface area contributed by atoms with Crippen LogP contribution in [-0.2, 0) is 4.74 Å². The first-order chi connectivity index (χ1) is 8.76. The van der Waals surface area contributed by atoms with E-state index in [1.165, 1.54) is 64.2 Å². The van der Waals surface area contributed by atoms with E-state index >= 15 is 0 Å². The quantitative estimate of drug-likeness (QED) is 0.809. The van der Waals surface area contributed by atoms with Gasteiger partial charge in [-0.1, -0.05) is 12.8 Å². The molecule has 0 bridgehead atoms. The molecule has 1 N–H and O–H groups in total. The lowest BCUT2D eigenvalue weighted by Crippen LogP contribution is -2.45. The SMILES string of the molecule is CC1CC(NC2CCC3(CCCC3)CC2)CCO1. The third-order valence-corrected chi connectivity index (χ3v) is 5.67. The van der Waals surface area contributed by atoms with Crippen LogP contribution < -0.4 is 5.32 Å². The van der Waals surface area contributed by atoms with E-state index in [1.807, 2.05) is 0 Å². The Balaban J connectivity index is 1.45.